The van der Waals surface area contributed by atoms with Crippen LogP contribution in [0.2, 0.25) is 0 Å². The van der Waals surface area contributed by atoms with E-state index in [0.29, 0.717) is 24.9 Å². The highest BCUT2D eigenvalue weighted by atomic mass is 16.4. The molecule has 0 radical (unpaired) electrons. The average molecular weight is 306 g/mol. The van der Waals surface area contributed by atoms with Crippen LogP contribution in [0.3, 0.4) is 0 Å². The van der Waals surface area contributed by atoms with Gasteiger partial charge in [0.05, 0.1) is 6.61 Å². The first-order valence-corrected chi connectivity index (χ1v) is 7.99. The Balaban J connectivity index is 1.86. The molecule has 0 aromatic heterocycles. The number of hydrogen-bond donors (Lipinski definition) is 3. The second kappa shape index (κ2) is 8.88. The van der Waals surface area contributed by atoms with Gasteiger partial charge in [-0.05, 0) is 24.3 Å². The average Bonchev–Trinajstić information content (AvgIpc) is 2.52. The lowest BCUT2D eigenvalue weighted by atomic mass is 9.90. The molecular weight excluding hydrogens is 280 g/mol. The number of piperidine rings is 1. The molecule has 0 bridgehead atoms. The van der Waals surface area contributed by atoms with E-state index in [1.54, 1.807) is 0 Å². The lowest BCUT2D eigenvalue weighted by Gasteiger charge is -2.38. The zero-order chi connectivity index (χ0) is 15.8. The van der Waals surface area contributed by atoms with E-state index in [0.717, 1.165) is 26.1 Å². The molecule has 5 heteroatoms. The van der Waals surface area contributed by atoms with Gasteiger partial charge in [-0.15, -0.1) is 0 Å². The van der Waals surface area contributed by atoms with Gasteiger partial charge in [0, 0.05) is 38.6 Å². The molecule has 1 aromatic carbocycles. The number of likely N-dealkylation sites (tertiary alicyclic amines) is 1. The minimum atomic E-state index is -0.729. The van der Waals surface area contributed by atoms with E-state index in [4.69, 9.17) is 10.2 Å². The first-order valence-electron chi connectivity index (χ1n) is 7.99. The zero-order valence-corrected chi connectivity index (χ0v) is 12.9. The molecular formula is C17H26N2O3. The normalized spacial score (nSPS) is 22.6. The molecule has 1 heterocycles. The van der Waals surface area contributed by atoms with Crippen LogP contribution in [0.25, 0.3) is 0 Å². The van der Waals surface area contributed by atoms with Gasteiger partial charge < -0.3 is 15.5 Å². The highest BCUT2D eigenvalue weighted by Crippen LogP contribution is 2.21. The molecule has 2 unspecified atom stereocenters. The second-order valence-electron chi connectivity index (χ2n) is 6.08. The van der Waals surface area contributed by atoms with E-state index in [1.807, 2.05) is 18.2 Å². The summed E-state index contributed by atoms with van der Waals surface area (Å²) in [5, 5.41) is 21.6. The molecule has 0 aliphatic carbocycles. The van der Waals surface area contributed by atoms with Gasteiger partial charge in [-0.2, -0.15) is 0 Å². The Bertz CT molecular complexity index is 452. The maximum Gasteiger partial charge on any atom is 0.303 e. The van der Waals surface area contributed by atoms with E-state index in [1.165, 1.54) is 5.56 Å². The number of rotatable bonds is 8. The zero-order valence-electron chi connectivity index (χ0n) is 12.9. The van der Waals surface area contributed by atoms with Gasteiger partial charge in [-0.1, -0.05) is 30.3 Å². The van der Waals surface area contributed by atoms with Crippen molar-refractivity contribution in [1.29, 1.82) is 0 Å². The molecule has 122 valence electrons. The van der Waals surface area contributed by atoms with E-state index >= 15 is 0 Å². The van der Waals surface area contributed by atoms with Crippen molar-refractivity contribution in [3.63, 3.8) is 0 Å². The fraction of sp³-hybridized carbons (Fsp3) is 0.588. The minimum absolute atomic E-state index is 0.150. The van der Waals surface area contributed by atoms with Crippen LogP contribution in [-0.4, -0.2) is 53.4 Å². The van der Waals surface area contributed by atoms with Gasteiger partial charge in [-0.3, -0.25) is 9.69 Å². The van der Waals surface area contributed by atoms with E-state index in [2.05, 4.69) is 22.3 Å². The fourth-order valence-electron chi connectivity index (χ4n) is 3.17. The maximum absolute atomic E-state index is 10.8. The van der Waals surface area contributed by atoms with Crippen molar-refractivity contribution in [2.75, 3.05) is 26.2 Å². The van der Waals surface area contributed by atoms with Crippen molar-refractivity contribution >= 4 is 5.97 Å². The van der Waals surface area contributed by atoms with Gasteiger partial charge in [0.15, 0.2) is 0 Å². The van der Waals surface area contributed by atoms with Crippen molar-refractivity contribution in [3.05, 3.63) is 35.9 Å². The Morgan fingerprint density at radius 3 is 2.73 bits per heavy atom. The molecule has 2 rings (SSSR count). The van der Waals surface area contributed by atoms with Crippen molar-refractivity contribution in [2.45, 2.75) is 31.8 Å². The highest BCUT2D eigenvalue weighted by molar-refractivity contribution is 5.66. The Labute approximate surface area is 131 Å². The van der Waals surface area contributed by atoms with E-state index in [9.17, 15) is 4.79 Å². The molecule has 1 aromatic rings. The number of β-amino-alcohol motifs (C(OH)–C–C–N with tert-alkyl or cyclic N) is 1. The van der Waals surface area contributed by atoms with Gasteiger partial charge in [0.1, 0.15) is 0 Å². The number of aliphatic hydroxyl groups excluding tert-OH is 1. The quantitative estimate of drug-likeness (QED) is 0.676. The summed E-state index contributed by atoms with van der Waals surface area (Å²) in [6, 6.07) is 10.6. The number of carboxylic acids is 1. The Kier molecular flexibility index (Phi) is 6.83. The number of nitrogens with one attached hydrogen (secondary N) is 1. The van der Waals surface area contributed by atoms with Gasteiger partial charge in [0.2, 0.25) is 0 Å². The molecule has 3 N–H and O–H groups in total. The van der Waals surface area contributed by atoms with Crippen LogP contribution in [0.1, 0.15) is 24.8 Å². The third-order valence-corrected chi connectivity index (χ3v) is 4.23. The number of aliphatic hydroxyl groups is 1. The lowest BCUT2D eigenvalue weighted by molar-refractivity contribution is -0.137. The Morgan fingerprint density at radius 1 is 1.27 bits per heavy atom. The standard InChI is InChI=1S/C17H26N2O3/c20-9-8-19-12-15(6-7-17(21)22)10-16(13-19)18-11-14-4-2-1-3-5-14/h1-5,15-16,18,20H,6-13H2,(H,21,22). The number of carbonyl (C=O) groups is 1. The molecule has 1 aliphatic rings. The first kappa shape index (κ1) is 16.9. The predicted molar refractivity (Wildman–Crippen MR) is 85.6 cm³/mol. The highest BCUT2D eigenvalue weighted by Gasteiger charge is 2.26. The minimum Gasteiger partial charge on any atom is -0.481 e. The lowest BCUT2D eigenvalue weighted by Crippen LogP contribution is -2.49. The number of nitrogens with zero attached hydrogens (tertiary/aromatic N) is 1. The number of benzene rings is 1. The molecule has 0 saturated carbocycles. The molecule has 1 aliphatic heterocycles. The third kappa shape index (κ3) is 5.75. The van der Waals surface area contributed by atoms with Crippen LogP contribution in [0, 0.1) is 5.92 Å². The largest absolute Gasteiger partial charge is 0.481 e. The monoisotopic (exact) mass is 306 g/mol. The molecule has 1 saturated heterocycles. The summed E-state index contributed by atoms with van der Waals surface area (Å²) in [6.07, 6.45) is 1.94. The van der Waals surface area contributed by atoms with Crippen LogP contribution in [0.5, 0.6) is 0 Å². The predicted octanol–water partition coefficient (Wildman–Crippen LogP) is 1.32. The van der Waals surface area contributed by atoms with Crippen LogP contribution < -0.4 is 5.32 Å². The second-order valence-corrected chi connectivity index (χ2v) is 6.08. The number of aliphatic carboxylic acids is 1. The first-order chi connectivity index (χ1) is 10.7. The Morgan fingerprint density at radius 2 is 2.05 bits per heavy atom. The molecule has 22 heavy (non-hydrogen) atoms. The third-order valence-electron chi connectivity index (χ3n) is 4.23. The van der Waals surface area contributed by atoms with Crippen molar-refractivity contribution in [2.24, 2.45) is 5.92 Å². The molecule has 5 nitrogen and oxygen atoms in total. The summed E-state index contributed by atoms with van der Waals surface area (Å²) in [7, 11) is 0. The molecule has 2 atom stereocenters. The molecule has 0 spiro atoms. The summed E-state index contributed by atoms with van der Waals surface area (Å²) < 4.78 is 0. The van der Waals surface area contributed by atoms with Crippen molar-refractivity contribution < 1.29 is 15.0 Å². The fourth-order valence-corrected chi connectivity index (χ4v) is 3.17. The molecule has 1 fully saturated rings. The summed E-state index contributed by atoms with van der Waals surface area (Å²) in [5.41, 5.74) is 1.25. The number of carboxylic acid groups (broad SMARTS) is 1. The van der Waals surface area contributed by atoms with Gasteiger partial charge in [-0.25, -0.2) is 0 Å². The summed E-state index contributed by atoms with van der Waals surface area (Å²) in [6.45, 7) is 3.43. The van der Waals surface area contributed by atoms with Crippen LogP contribution in [-0.2, 0) is 11.3 Å². The van der Waals surface area contributed by atoms with Gasteiger partial charge >= 0.3 is 5.97 Å². The summed E-state index contributed by atoms with van der Waals surface area (Å²) in [4.78, 5) is 13.0. The Hall–Kier alpha value is -1.43. The smallest absolute Gasteiger partial charge is 0.303 e. The van der Waals surface area contributed by atoms with Crippen LogP contribution in [0.4, 0.5) is 0 Å². The van der Waals surface area contributed by atoms with Crippen LogP contribution in [0.15, 0.2) is 30.3 Å². The SMILES string of the molecule is O=C(O)CCC1CC(NCc2ccccc2)CN(CCO)C1. The van der Waals surface area contributed by atoms with E-state index in [-0.39, 0.29) is 13.0 Å². The summed E-state index contributed by atoms with van der Waals surface area (Å²) >= 11 is 0. The van der Waals surface area contributed by atoms with Gasteiger partial charge in [0.25, 0.3) is 0 Å². The maximum atomic E-state index is 10.8. The topological polar surface area (TPSA) is 72.8 Å². The summed E-state index contributed by atoms with van der Waals surface area (Å²) in [5.74, 6) is -0.349. The number of hydrogen-bond acceptors (Lipinski definition) is 4. The van der Waals surface area contributed by atoms with E-state index < -0.39 is 5.97 Å². The molecule has 0 amide bonds. The van der Waals surface area contributed by atoms with Crippen LogP contribution >= 0.6 is 0 Å². The van der Waals surface area contributed by atoms with Crippen molar-refractivity contribution in [1.82, 2.24) is 10.2 Å². The van der Waals surface area contributed by atoms with Crippen molar-refractivity contribution in [3.8, 4) is 0 Å².